The summed E-state index contributed by atoms with van der Waals surface area (Å²) >= 11 is 0. The Morgan fingerprint density at radius 2 is 1.95 bits per heavy atom. The summed E-state index contributed by atoms with van der Waals surface area (Å²) in [6, 6.07) is 0. The van der Waals surface area contributed by atoms with Crippen LogP contribution in [-0.4, -0.2) is 75.8 Å². The van der Waals surface area contributed by atoms with Crippen LogP contribution >= 0.6 is 0 Å². The first-order valence-corrected chi connectivity index (χ1v) is 8.29. The molecule has 21 heavy (non-hydrogen) atoms. The molecule has 1 atom stereocenters. The van der Waals surface area contributed by atoms with Crippen LogP contribution in [0.1, 0.15) is 26.7 Å². The number of piperidine rings is 1. The van der Waals surface area contributed by atoms with Gasteiger partial charge in [0.2, 0.25) is 0 Å². The quantitative estimate of drug-likeness (QED) is 0.557. The van der Waals surface area contributed by atoms with Crippen LogP contribution in [0.3, 0.4) is 0 Å². The van der Waals surface area contributed by atoms with E-state index in [2.05, 4.69) is 24.1 Å². The number of β-amino-alcohol motifs (C(OH)–C–C–N with tert-alkyl or cyclic N) is 1. The predicted molar refractivity (Wildman–Crippen MR) is 85.6 cm³/mol. The van der Waals surface area contributed by atoms with Crippen molar-refractivity contribution < 1.29 is 14.6 Å². The van der Waals surface area contributed by atoms with E-state index in [1.807, 2.05) is 0 Å². The molecule has 0 aromatic heterocycles. The van der Waals surface area contributed by atoms with E-state index in [1.165, 1.54) is 12.8 Å². The number of likely N-dealkylation sites (tertiary alicyclic amines) is 1. The molecule has 1 aliphatic heterocycles. The minimum Gasteiger partial charge on any atom is -0.389 e. The van der Waals surface area contributed by atoms with E-state index in [-0.39, 0.29) is 0 Å². The minimum absolute atomic E-state index is 0.391. The van der Waals surface area contributed by atoms with Crippen LogP contribution in [0.15, 0.2) is 0 Å². The summed E-state index contributed by atoms with van der Waals surface area (Å²) in [4.78, 5) is 2.35. The van der Waals surface area contributed by atoms with Gasteiger partial charge in [-0.05, 0) is 50.9 Å². The monoisotopic (exact) mass is 302 g/mol. The molecule has 5 nitrogen and oxygen atoms in total. The van der Waals surface area contributed by atoms with E-state index in [0.717, 1.165) is 44.6 Å². The molecule has 5 heteroatoms. The lowest BCUT2D eigenvalue weighted by atomic mass is 9.96. The van der Waals surface area contributed by atoms with Crippen LogP contribution in [0.25, 0.3) is 0 Å². The first-order chi connectivity index (χ1) is 10.1. The maximum atomic E-state index is 9.95. The maximum Gasteiger partial charge on any atom is 0.0900 e. The van der Waals surface area contributed by atoms with Crippen LogP contribution in [0.2, 0.25) is 0 Å². The summed E-state index contributed by atoms with van der Waals surface area (Å²) in [6.45, 7) is 11.2. The molecule has 0 spiro atoms. The number of methoxy groups -OCH3 is 1. The van der Waals surface area contributed by atoms with Crippen LogP contribution in [0, 0.1) is 11.8 Å². The van der Waals surface area contributed by atoms with Crippen molar-refractivity contribution in [3.8, 4) is 0 Å². The van der Waals surface area contributed by atoms with Gasteiger partial charge in [0.05, 0.1) is 25.9 Å². The van der Waals surface area contributed by atoms with Gasteiger partial charge in [-0.3, -0.25) is 0 Å². The Bertz CT molecular complexity index is 244. The molecule has 1 fully saturated rings. The van der Waals surface area contributed by atoms with Gasteiger partial charge in [-0.15, -0.1) is 0 Å². The van der Waals surface area contributed by atoms with Gasteiger partial charge in [0, 0.05) is 13.7 Å². The van der Waals surface area contributed by atoms with Crippen molar-refractivity contribution in [2.45, 2.75) is 32.8 Å². The van der Waals surface area contributed by atoms with Gasteiger partial charge in [0.25, 0.3) is 0 Å². The van der Waals surface area contributed by atoms with Gasteiger partial charge in [-0.25, -0.2) is 0 Å². The number of nitrogens with one attached hydrogen (secondary N) is 1. The fourth-order valence-corrected chi connectivity index (χ4v) is 2.66. The Morgan fingerprint density at radius 1 is 1.24 bits per heavy atom. The summed E-state index contributed by atoms with van der Waals surface area (Å²) in [5.41, 5.74) is 0. The average molecular weight is 302 g/mol. The highest BCUT2D eigenvalue weighted by Gasteiger charge is 2.20. The van der Waals surface area contributed by atoms with Crippen molar-refractivity contribution in [1.82, 2.24) is 10.2 Å². The molecule has 0 amide bonds. The third-order valence-corrected chi connectivity index (χ3v) is 3.90. The van der Waals surface area contributed by atoms with Crippen molar-refractivity contribution in [2.75, 3.05) is 59.7 Å². The first kappa shape index (κ1) is 18.8. The van der Waals surface area contributed by atoms with Crippen molar-refractivity contribution in [1.29, 1.82) is 0 Å². The zero-order valence-corrected chi connectivity index (χ0v) is 14.0. The third kappa shape index (κ3) is 9.42. The number of hydrogen-bond acceptors (Lipinski definition) is 5. The first-order valence-electron chi connectivity index (χ1n) is 8.29. The molecule has 0 bridgehead atoms. The zero-order chi connectivity index (χ0) is 15.5. The summed E-state index contributed by atoms with van der Waals surface area (Å²) in [5, 5.41) is 13.5. The Morgan fingerprint density at radius 3 is 2.57 bits per heavy atom. The second-order valence-corrected chi connectivity index (χ2v) is 6.52. The largest absolute Gasteiger partial charge is 0.389 e. The number of nitrogens with zero attached hydrogens (tertiary/aromatic N) is 1. The fourth-order valence-electron chi connectivity index (χ4n) is 2.66. The van der Waals surface area contributed by atoms with E-state index in [1.54, 1.807) is 7.11 Å². The van der Waals surface area contributed by atoms with E-state index >= 15 is 0 Å². The molecule has 1 rings (SSSR count). The number of hydrogen-bond donors (Lipinski definition) is 2. The highest BCUT2D eigenvalue weighted by molar-refractivity contribution is 4.75. The van der Waals surface area contributed by atoms with Gasteiger partial charge in [-0.2, -0.15) is 0 Å². The molecule has 1 heterocycles. The average Bonchev–Trinajstić information content (AvgIpc) is 2.45. The van der Waals surface area contributed by atoms with Crippen molar-refractivity contribution in [2.24, 2.45) is 11.8 Å². The fraction of sp³-hybridized carbons (Fsp3) is 1.00. The number of ether oxygens (including phenoxy) is 2. The van der Waals surface area contributed by atoms with Crippen LogP contribution in [0.4, 0.5) is 0 Å². The Labute approximate surface area is 130 Å². The van der Waals surface area contributed by atoms with E-state index < -0.39 is 6.10 Å². The minimum atomic E-state index is -0.391. The predicted octanol–water partition coefficient (Wildman–Crippen LogP) is 0.968. The molecule has 1 unspecified atom stereocenters. The van der Waals surface area contributed by atoms with Gasteiger partial charge < -0.3 is 24.8 Å². The number of aliphatic hydroxyl groups excluding tert-OH is 1. The molecule has 0 aliphatic carbocycles. The van der Waals surface area contributed by atoms with Gasteiger partial charge >= 0.3 is 0 Å². The number of aliphatic hydroxyl groups is 1. The number of rotatable bonds is 11. The lowest BCUT2D eigenvalue weighted by Crippen LogP contribution is -2.42. The molecule has 0 aromatic carbocycles. The summed E-state index contributed by atoms with van der Waals surface area (Å²) in [5.74, 6) is 1.51. The second-order valence-electron chi connectivity index (χ2n) is 6.52. The van der Waals surface area contributed by atoms with Crippen LogP contribution in [0.5, 0.6) is 0 Å². The molecule has 1 saturated heterocycles. The van der Waals surface area contributed by atoms with E-state index in [0.29, 0.717) is 19.8 Å². The Balaban J connectivity index is 2.04. The Kier molecular flexibility index (Phi) is 10.2. The molecule has 1 aliphatic rings. The highest BCUT2D eigenvalue weighted by Crippen LogP contribution is 2.16. The molecule has 0 aromatic rings. The van der Waals surface area contributed by atoms with Gasteiger partial charge in [-0.1, -0.05) is 13.8 Å². The van der Waals surface area contributed by atoms with E-state index in [4.69, 9.17) is 9.47 Å². The van der Waals surface area contributed by atoms with Gasteiger partial charge in [0.1, 0.15) is 0 Å². The smallest absolute Gasteiger partial charge is 0.0900 e. The lowest BCUT2D eigenvalue weighted by molar-refractivity contribution is -0.00458. The van der Waals surface area contributed by atoms with Gasteiger partial charge in [0.15, 0.2) is 0 Å². The summed E-state index contributed by atoms with van der Waals surface area (Å²) in [6.07, 6.45) is 2.06. The molecule has 126 valence electrons. The SMILES string of the molecule is COCCOCC(O)CN1CCC(CNCC(C)C)CC1. The molecular formula is C16H34N2O3. The van der Waals surface area contributed by atoms with Crippen molar-refractivity contribution >= 4 is 0 Å². The third-order valence-electron chi connectivity index (χ3n) is 3.90. The summed E-state index contributed by atoms with van der Waals surface area (Å²) in [7, 11) is 1.65. The molecule has 2 N–H and O–H groups in total. The second kappa shape index (κ2) is 11.4. The zero-order valence-electron chi connectivity index (χ0n) is 14.0. The molecule has 0 saturated carbocycles. The maximum absolute atomic E-state index is 9.95. The highest BCUT2D eigenvalue weighted by atomic mass is 16.5. The normalized spacial score (nSPS) is 19.3. The van der Waals surface area contributed by atoms with E-state index in [9.17, 15) is 5.11 Å². The van der Waals surface area contributed by atoms with Crippen LogP contribution in [-0.2, 0) is 9.47 Å². The van der Waals surface area contributed by atoms with Crippen molar-refractivity contribution in [3.05, 3.63) is 0 Å². The Hall–Kier alpha value is -0.200. The lowest BCUT2D eigenvalue weighted by Gasteiger charge is -2.33. The standard InChI is InChI=1S/C16H34N2O3/c1-14(2)10-17-11-15-4-6-18(7-5-15)12-16(19)13-21-9-8-20-3/h14-17,19H,4-13H2,1-3H3. The van der Waals surface area contributed by atoms with Crippen LogP contribution < -0.4 is 5.32 Å². The molecule has 0 radical (unpaired) electrons. The van der Waals surface area contributed by atoms with Crippen molar-refractivity contribution in [3.63, 3.8) is 0 Å². The topological polar surface area (TPSA) is 54.0 Å². The molecular weight excluding hydrogens is 268 g/mol. The summed E-state index contributed by atoms with van der Waals surface area (Å²) < 4.78 is 10.3.